The van der Waals surface area contributed by atoms with Gasteiger partial charge in [0.15, 0.2) is 0 Å². The van der Waals surface area contributed by atoms with E-state index >= 15 is 0 Å². The molecule has 18 heavy (non-hydrogen) atoms. The Hall–Kier alpha value is -1.96. The van der Waals surface area contributed by atoms with Gasteiger partial charge >= 0.3 is 0 Å². The van der Waals surface area contributed by atoms with Crippen molar-refractivity contribution in [3.63, 3.8) is 0 Å². The fraction of sp³-hybridized carbons (Fsp3) is 0.250. The molecule has 94 valence electrons. The molecule has 0 saturated carbocycles. The van der Waals surface area contributed by atoms with Gasteiger partial charge in [-0.25, -0.2) is 0 Å². The van der Waals surface area contributed by atoms with Gasteiger partial charge in [-0.3, -0.25) is 0 Å². The van der Waals surface area contributed by atoms with Crippen LogP contribution < -0.4 is 11.1 Å². The number of anilines is 3. The molecule has 0 aliphatic rings. The van der Waals surface area contributed by atoms with Gasteiger partial charge in [-0.1, -0.05) is 13.0 Å². The number of nitrogen functional groups attached to an aromatic ring is 1. The predicted octanol–water partition coefficient (Wildman–Crippen LogP) is 4.19. The van der Waals surface area contributed by atoms with E-state index in [1.165, 1.54) is 11.1 Å². The molecular formula is C16H20N2. The normalized spacial score (nSPS) is 10.4. The molecule has 0 bridgehead atoms. The minimum absolute atomic E-state index is 0.801. The molecule has 3 N–H and O–H groups in total. The Morgan fingerprint density at radius 1 is 1.00 bits per heavy atom. The van der Waals surface area contributed by atoms with Gasteiger partial charge in [0.2, 0.25) is 0 Å². The number of hydrogen-bond donors (Lipinski definition) is 2. The van der Waals surface area contributed by atoms with Crippen molar-refractivity contribution < 1.29 is 0 Å². The van der Waals surface area contributed by atoms with E-state index in [1.807, 2.05) is 18.2 Å². The number of nitrogens with one attached hydrogen (secondary N) is 1. The maximum absolute atomic E-state index is 5.76. The summed E-state index contributed by atoms with van der Waals surface area (Å²) in [4.78, 5) is 0. The lowest BCUT2D eigenvalue weighted by molar-refractivity contribution is 1.11. The van der Waals surface area contributed by atoms with Gasteiger partial charge in [-0.15, -0.1) is 0 Å². The standard InChI is InChI=1S/C16H20N2/c1-4-13-5-7-15(10-11(13)2)18-16-8-6-14(17)9-12(16)3/h5-10,18H,4,17H2,1-3H3. The van der Waals surface area contributed by atoms with Gasteiger partial charge < -0.3 is 11.1 Å². The van der Waals surface area contributed by atoms with Gasteiger partial charge in [-0.2, -0.15) is 0 Å². The summed E-state index contributed by atoms with van der Waals surface area (Å²) in [6, 6.07) is 12.4. The van der Waals surface area contributed by atoms with Crippen molar-refractivity contribution in [2.24, 2.45) is 0 Å². The molecule has 0 fully saturated rings. The number of rotatable bonds is 3. The number of aryl methyl sites for hydroxylation is 3. The Morgan fingerprint density at radius 2 is 1.78 bits per heavy atom. The number of nitrogens with two attached hydrogens (primary N) is 1. The Balaban J connectivity index is 2.26. The lowest BCUT2D eigenvalue weighted by Gasteiger charge is -2.12. The van der Waals surface area contributed by atoms with E-state index in [1.54, 1.807) is 0 Å². The molecule has 0 amide bonds. The van der Waals surface area contributed by atoms with Gasteiger partial charge in [0.25, 0.3) is 0 Å². The van der Waals surface area contributed by atoms with Crippen molar-refractivity contribution in [3.8, 4) is 0 Å². The summed E-state index contributed by atoms with van der Waals surface area (Å²) in [6.45, 7) is 6.39. The highest BCUT2D eigenvalue weighted by molar-refractivity contribution is 5.66. The first kappa shape index (κ1) is 12.5. The van der Waals surface area contributed by atoms with E-state index in [4.69, 9.17) is 5.73 Å². The van der Waals surface area contributed by atoms with Gasteiger partial charge in [0.1, 0.15) is 0 Å². The predicted molar refractivity (Wildman–Crippen MR) is 79.4 cm³/mol. The molecule has 2 aromatic rings. The number of hydrogen-bond acceptors (Lipinski definition) is 2. The van der Waals surface area contributed by atoms with Crippen LogP contribution in [0.5, 0.6) is 0 Å². The smallest absolute Gasteiger partial charge is 0.0415 e. The second-order valence-electron chi connectivity index (χ2n) is 4.69. The zero-order valence-corrected chi connectivity index (χ0v) is 11.2. The molecule has 2 rings (SSSR count). The average molecular weight is 240 g/mol. The van der Waals surface area contributed by atoms with Gasteiger partial charge in [-0.05, 0) is 67.3 Å². The molecular weight excluding hydrogens is 220 g/mol. The summed E-state index contributed by atoms with van der Waals surface area (Å²) < 4.78 is 0. The molecule has 0 atom stereocenters. The van der Waals surface area contributed by atoms with Crippen LogP contribution in [0.3, 0.4) is 0 Å². The van der Waals surface area contributed by atoms with E-state index < -0.39 is 0 Å². The van der Waals surface area contributed by atoms with Crippen molar-refractivity contribution in [2.45, 2.75) is 27.2 Å². The van der Waals surface area contributed by atoms with E-state index in [0.29, 0.717) is 0 Å². The van der Waals surface area contributed by atoms with Crippen LogP contribution in [0.1, 0.15) is 23.6 Å². The topological polar surface area (TPSA) is 38.0 Å². The summed E-state index contributed by atoms with van der Waals surface area (Å²) in [5, 5.41) is 3.44. The van der Waals surface area contributed by atoms with Crippen molar-refractivity contribution in [3.05, 3.63) is 53.1 Å². The highest BCUT2D eigenvalue weighted by Gasteiger charge is 2.01. The van der Waals surface area contributed by atoms with E-state index in [-0.39, 0.29) is 0 Å². The molecule has 2 nitrogen and oxygen atoms in total. The van der Waals surface area contributed by atoms with Crippen molar-refractivity contribution >= 4 is 17.1 Å². The second-order valence-corrected chi connectivity index (χ2v) is 4.69. The lowest BCUT2D eigenvalue weighted by Crippen LogP contribution is -1.96. The van der Waals surface area contributed by atoms with E-state index in [2.05, 4.69) is 44.3 Å². The summed E-state index contributed by atoms with van der Waals surface area (Å²) in [6.07, 6.45) is 1.08. The maximum Gasteiger partial charge on any atom is 0.0415 e. The molecule has 0 heterocycles. The molecule has 0 aliphatic heterocycles. The second kappa shape index (κ2) is 5.13. The van der Waals surface area contributed by atoms with Crippen LogP contribution >= 0.6 is 0 Å². The minimum Gasteiger partial charge on any atom is -0.399 e. The highest BCUT2D eigenvalue weighted by Crippen LogP contribution is 2.24. The Bertz CT molecular complexity index is 559. The summed E-state index contributed by atoms with van der Waals surface area (Å²) >= 11 is 0. The largest absolute Gasteiger partial charge is 0.399 e. The monoisotopic (exact) mass is 240 g/mol. The fourth-order valence-electron chi connectivity index (χ4n) is 2.15. The third-order valence-electron chi connectivity index (χ3n) is 3.25. The molecule has 2 aromatic carbocycles. The first-order chi connectivity index (χ1) is 8.60. The van der Waals surface area contributed by atoms with Crippen LogP contribution in [0, 0.1) is 13.8 Å². The lowest BCUT2D eigenvalue weighted by atomic mass is 10.1. The van der Waals surface area contributed by atoms with Crippen LogP contribution in [0.25, 0.3) is 0 Å². The van der Waals surface area contributed by atoms with Gasteiger partial charge in [0, 0.05) is 17.1 Å². The Morgan fingerprint density at radius 3 is 2.39 bits per heavy atom. The Labute approximate surface area is 109 Å². The molecule has 0 radical (unpaired) electrons. The quantitative estimate of drug-likeness (QED) is 0.789. The van der Waals surface area contributed by atoms with Crippen LogP contribution in [-0.4, -0.2) is 0 Å². The third kappa shape index (κ3) is 2.65. The average Bonchev–Trinajstić information content (AvgIpc) is 2.33. The van der Waals surface area contributed by atoms with Crippen molar-refractivity contribution in [1.29, 1.82) is 0 Å². The molecule has 0 aromatic heterocycles. The number of benzene rings is 2. The third-order valence-corrected chi connectivity index (χ3v) is 3.25. The van der Waals surface area contributed by atoms with Crippen molar-refractivity contribution in [1.82, 2.24) is 0 Å². The molecule has 0 aliphatic carbocycles. The summed E-state index contributed by atoms with van der Waals surface area (Å²) in [5.41, 5.74) is 12.7. The van der Waals surface area contributed by atoms with Gasteiger partial charge in [0.05, 0.1) is 0 Å². The van der Waals surface area contributed by atoms with E-state index in [9.17, 15) is 0 Å². The Kier molecular flexibility index (Phi) is 3.56. The van der Waals surface area contributed by atoms with Crippen LogP contribution in [0.15, 0.2) is 36.4 Å². The molecule has 0 saturated heterocycles. The first-order valence-electron chi connectivity index (χ1n) is 6.33. The maximum atomic E-state index is 5.76. The first-order valence-corrected chi connectivity index (χ1v) is 6.33. The van der Waals surface area contributed by atoms with E-state index in [0.717, 1.165) is 29.0 Å². The fourth-order valence-corrected chi connectivity index (χ4v) is 2.15. The van der Waals surface area contributed by atoms with Crippen LogP contribution in [0.2, 0.25) is 0 Å². The van der Waals surface area contributed by atoms with Crippen LogP contribution in [0.4, 0.5) is 17.1 Å². The zero-order valence-electron chi connectivity index (χ0n) is 11.2. The highest BCUT2D eigenvalue weighted by atomic mass is 14.9. The zero-order chi connectivity index (χ0) is 13.1. The summed E-state index contributed by atoms with van der Waals surface area (Å²) in [7, 11) is 0. The van der Waals surface area contributed by atoms with Crippen molar-refractivity contribution in [2.75, 3.05) is 11.1 Å². The van der Waals surface area contributed by atoms with Crippen LogP contribution in [-0.2, 0) is 6.42 Å². The molecule has 0 unspecified atom stereocenters. The SMILES string of the molecule is CCc1ccc(Nc2ccc(N)cc2C)cc1C. The minimum atomic E-state index is 0.801. The summed E-state index contributed by atoms with van der Waals surface area (Å²) in [5.74, 6) is 0. The molecule has 0 spiro atoms. The molecule has 2 heteroatoms.